The van der Waals surface area contributed by atoms with Crippen LogP contribution >= 0.6 is 7.60 Å². The minimum Gasteiger partial charge on any atom is -0.497 e. The molecule has 0 fully saturated rings. The lowest BCUT2D eigenvalue weighted by Gasteiger charge is -2.22. The molecule has 0 saturated carbocycles. The summed E-state index contributed by atoms with van der Waals surface area (Å²) in [7, 11) is -2.44. The van der Waals surface area contributed by atoms with Gasteiger partial charge in [-0.2, -0.15) is 0 Å². The van der Waals surface area contributed by atoms with Gasteiger partial charge in [0.15, 0.2) is 0 Å². The van der Waals surface area contributed by atoms with Crippen molar-refractivity contribution in [2.45, 2.75) is 25.5 Å². The molecular formula is C33H37N2O6P. The number of nitrogens with one attached hydrogen (secondary N) is 2. The Bertz CT molecular complexity index is 1420. The van der Waals surface area contributed by atoms with Crippen LogP contribution in [0.2, 0.25) is 0 Å². The van der Waals surface area contributed by atoms with Crippen molar-refractivity contribution in [1.29, 1.82) is 0 Å². The van der Waals surface area contributed by atoms with Gasteiger partial charge in [-0.1, -0.05) is 84.9 Å². The van der Waals surface area contributed by atoms with E-state index >= 15 is 0 Å². The summed E-state index contributed by atoms with van der Waals surface area (Å²) in [5.74, 6) is 0.616. The van der Waals surface area contributed by atoms with Crippen molar-refractivity contribution in [2.75, 3.05) is 26.5 Å². The van der Waals surface area contributed by atoms with Crippen LogP contribution in [0.15, 0.2) is 109 Å². The first kappa shape index (κ1) is 31.0. The molecular weight excluding hydrogens is 551 g/mol. The van der Waals surface area contributed by atoms with E-state index < -0.39 is 7.60 Å². The van der Waals surface area contributed by atoms with E-state index in [1.165, 1.54) is 0 Å². The molecule has 220 valence electrons. The molecule has 8 nitrogen and oxygen atoms in total. The van der Waals surface area contributed by atoms with Crippen molar-refractivity contribution in [3.8, 4) is 22.6 Å². The lowest BCUT2D eigenvalue weighted by molar-refractivity contribution is -0.144. The van der Waals surface area contributed by atoms with Crippen LogP contribution < -0.4 is 19.9 Å². The van der Waals surface area contributed by atoms with Crippen LogP contribution in [0.1, 0.15) is 17.5 Å². The number of hydrogen-bond acceptors (Lipinski definition) is 7. The lowest BCUT2D eigenvalue weighted by atomic mass is 10.0. The SMILES string of the molecule is COc1ccc(OP(=O)(O)CN[C@H](CNCCC(=O)OCc2ccccc2)Cc2ccc(-c3ccccc3)cc2)cc1. The minimum atomic E-state index is -3.99. The van der Waals surface area contributed by atoms with E-state index in [1.54, 1.807) is 31.4 Å². The topological polar surface area (TPSA) is 106 Å². The number of ether oxygens (including phenoxy) is 2. The Morgan fingerprint density at radius 2 is 1.43 bits per heavy atom. The second-order valence-electron chi connectivity index (χ2n) is 9.83. The molecule has 3 N–H and O–H groups in total. The van der Waals surface area contributed by atoms with E-state index in [9.17, 15) is 14.3 Å². The fraction of sp³-hybridized carbons (Fsp3) is 0.242. The van der Waals surface area contributed by atoms with Gasteiger partial charge in [0, 0.05) is 19.1 Å². The zero-order chi connectivity index (χ0) is 29.6. The Labute approximate surface area is 247 Å². The van der Waals surface area contributed by atoms with Gasteiger partial charge in [-0.15, -0.1) is 0 Å². The molecule has 2 atom stereocenters. The fourth-order valence-electron chi connectivity index (χ4n) is 4.32. The molecule has 0 radical (unpaired) electrons. The first-order valence-corrected chi connectivity index (χ1v) is 15.6. The molecule has 0 amide bonds. The molecule has 4 aromatic rings. The third-order valence-electron chi connectivity index (χ3n) is 6.57. The summed E-state index contributed by atoms with van der Waals surface area (Å²) in [6.07, 6.45) is 0.569. The highest BCUT2D eigenvalue weighted by molar-refractivity contribution is 7.53. The average Bonchev–Trinajstić information content (AvgIpc) is 3.02. The number of benzene rings is 4. The Balaban J connectivity index is 1.32. The second-order valence-corrected chi connectivity index (χ2v) is 11.6. The summed E-state index contributed by atoms with van der Waals surface area (Å²) >= 11 is 0. The van der Waals surface area contributed by atoms with Gasteiger partial charge in [0.25, 0.3) is 0 Å². The van der Waals surface area contributed by atoms with Crippen LogP contribution in [0.5, 0.6) is 11.5 Å². The average molecular weight is 589 g/mol. The molecule has 0 aliphatic heterocycles. The second kappa shape index (κ2) is 15.9. The normalized spacial score (nSPS) is 13.1. The van der Waals surface area contributed by atoms with E-state index in [4.69, 9.17) is 14.0 Å². The van der Waals surface area contributed by atoms with Gasteiger partial charge in [-0.05, 0) is 52.9 Å². The highest BCUT2D eigenvalue weighted by atomic mass is 31.2. The molecule has 4 rings (SSSR count). The van der Waals surface area contributed by atoms with Crippen LogP contribution in [-0.2, 0) is 27.1 Å². The molecule has 0 saturated heterocycles. The smallest absolute Gasteiger partial charge is 0.390 e. The number of carbonyl (C=O) groups is 1. The maximum atomic E-state index is 12.9. The zero-order valence-corrected chi connectivity index (χ0v) is 24.5. The van der Waals surface area contributed by atoms with E-state index in [0.717, 1.165) is 22.3 Å². The molecule has 4 aromatic carbocycles. The van der Waals surface area contributed by atoms with Crippen LogP contribution in [0.4, 0.5) is 0 Å². The lowest BCUT2D eigenvalue weighted by Crippen LogP contribution is -2.41. The molecule has 0 aromatic heterocycles. The van der Waals surface area contributed by atoms with Crippen LogP contribution in [-0.4, -0.2) is 43.4 Å². The quantitative estimate of drug-likeness (QED) is 0.0856. The number of hydrogen-bond donors (Lipinski definition) is 3. The number of esters is 1. The van der Waals surface area contributed by atoms with Gasteiger partial charge >= 0.3 is 13.6 Å². The van der Waals surface area contributed by atoms with E-state index in [1.807, 2.05) is 48.5 Å². The van der Waals surface area contributed by atoms with E-state index in [2.05, 4.69) is 47.0 Å². The molecule has 0 bridgehead atoms. The van der Waals surface area contributed by atoms with Crippen molar-refractivity contribution >= 4 is 13.6 Å². The molecule has 9 heteroatoms. The van der Waals surface area contributed by atoms with Gasteiger partial charge in [0.05, 0.1) is 13.5 Å². The van der Waals surface area contributed by atoms with Crippen molar-refractivity contribution in [2.24, 2.45) is 0 Å². The Morgan fingerprint density at radius 3 is 2.10 bits per heavy atom. The third kappa shape index (κ3) is 10.5. The first-order chi connectivity index (χ1) is 20.4. The van der Waals surface area contributed by atoms with E-state index in [-0.39, 0.29) is 37.1 Å². The van der Waals surface area contributed by atoms with Crippen molar-refractivity contribution in [1.82, 2.24) is 10.6 Å². The zero-order valence-electron chi connectivity index (χ0n) is 23.6. The predicted octanol–water partition coefficient (Wildman–Crippen LogP) is 5.81. The molecule has 0 spiro atoms. The third-order valence-corrected chi connectivity index (χ3v) is 7.65. The largest absolute Gasteiger partial charge is 0.497 e. The summed E-state index contributed by atoms with van der Waals surface area (Å²) in [5.41, 5.74) is 4.26. The Morgan fingerprint density at radius 1 is 0.810 bits per heavy atom. The Kier molecular flexibility index (Phi) is 11.7. The summed E-state index contributed by atoms with van der Waals surface area (Å²) in [4.78, 5) is 22.7. The maximum Gasteiger partial charge on any atom is 0.390 e. The number of rotatable bonds is 16. The monoisotopic (exact) mass is 588 g/mol. The van der Waals surface area contributed by atoms with Gasteiger partial charge in [-0.3, -0.25) is 4.79 Å². The molecule has 0 aliphatic rings. The highest BCUT2D eigenvalue weighted by Gasteiger charge is 2.23. The standard InChI is InChI=1S/C33H37N2O6P/c1-39-31-16-18-32(19-17-31)41-42(37,38)25-35-30(22-26-12-14-29(15-13-26)28-10-6-3-7-11-28)23-34-21-20-33(36)40-24-27-8-4-2-5-9-27/h2-19,30,34-35H,20-25H2,1H3,(H,37,38)/t30-/m0/s1. The molecule has 1 unspecified atom stereocenters. The van der Waals surface area contributed by atoms with Gasteiger partial charge < -0.3 is 29.5 Å². The Hall–Kier alpha value is -3.94. The highest BCUT2D eigenvalue weighted by Crippen LogP contribution is 2.41. The van der Waals surface area contributed by atoms with Crippen molar-refractivity contribution < 1.29 is 28.3 Å². The summed E-state index contributed by atoms with van der Waals surface area (Å²) in [6, 6.07) is 34.2. The first-order valence-electron chi connectivity index (χ1n) is 13.8. The van der Waals surface area contributed by atoms with Crippen LogP contribution in [0.3, 0.4) is 0 Å². The summed E-state index contributed by atoms with van der Waals surface area (Å²) < 4.78 is 28.7. The van der Waals surface area contributed by atoms with Crippen molar-refractivity contribution in [3.05, 3.63) is 120 Å². The predicted molar refractivity (Wildman–Crippen MR) is 165 cm³/mol. The van der Waals surface area contributed by atoms with Gasteiger partial charge in [0.2, 0.25) is 0 Å². The maximum absolute atomic E-state index is 12.9. The van der Waals surface area contributed by atoms with Crippen molar-refractivity contribution in [3.63, 3.8) is 0 Å². The van der Waals surface area contributed by atoms with Crippen LogP contribution in [0, 0.1) is 0 Å². The van der Waals surface area contributed by atoms with Gasteiger partial charge in [-0.25, -0.2) is 4.57 Å². The van der Waals surface area contributed by atoms with Gasteiger partial charge in [0.1, 0.15) is 24.4 Å². The number of methoxy groups -OCH3 is 1. The van der Waals surface area contributed by atoms with Crippen LogP contribution in [0.25, 0.3) is 11.1 Å². The minimum absolute atomic E-state index is 0.201. The molecule has 0 aliphatic carbocycles. The summed E-state index contributed by atoms with van der Waals surface area (Å²) in [5, 5.41) is 6.47. The molecule has 0 heterocycles. The fourth-order valence-corrected chi connectivity index (χ4v) is 5.32. The number of carbonyl (C=O) groups excluding carboxylic acids is 1. The van der Waals surface area contributed by atoms with E-state index in [0.29, 0.717) is 25.3 Å². The molecule has 42 heavy (non-hydrogen) atoms. The summed E-state index contributed by atoms with van der Waals surface area (Å²) in [6.45, 7) is 1.12.